The highest BCUT2D eigenvalue weighted by atomic mass is 32.2. The van der Waals surface area contributed by atoms with Crippen LogP contribution in [0, 0.1) is 15.5 Å². The molecule has 0 radical (unpaired) electrons. The molecular formula is C49H58N6O7S. The summed E-state index contributed by atoms with van der Waals surface area (Å²) >= 11 is 0. The molecule has 1 amide bonds. The topological polar surface area (TPSA) is 147 Å². The van der Waals surface area contributed by atoms with Gasteiger partial charge in [0.15, 0.2) is 0 Å². The second-order valence-electron chi connectivity index (χ2n) is 17.8. The van der Waals surface area contributed by atoms with Gasteiger partial charge in [0, 0.05) is 62.7 Å². The molecule has 8 rings (SSSR count). The molecule has 13 nitrogen and oxygen atoms in total. The van der Waals surface area contributed by atoms with E-state index in [0.717, 1.165) is 113 Å². The maximum absolute atomic E-state index is 14.0. The molecule has 4 aromatic rings. The van der Waals surface area contributed by atoms with Crippen LogP contribution in [0.15, 0.2) is 95.4 Å². The molecule has 332 valence electrons. The number of carbonyl (C=O) groups excluding carboxylic acids is 1. The maximum atomic E-state index is 14.0. The van der Waals surface area contributed by atoms with Crippen molar-refractivity contribution in [2.24, 2.45) is 5.41 Å². The Bertz CT molecular complexity index is 2510. The number of likely N-dealkylation sites (tertiary alicyclic amines) is 1. The van der Waals surface area contributed by atoms with E-state index < -0.39 is 25.7 Å². The smallest absolute Gasteiger partial charge is 0.293 e. The number of piperazine rings is 1. The maximum Gasteiger partial charge on any atom is 0.293 e. The summed E-state index contributed by atoms with van der Waals surface area (Å²) in [6.45, 7) is 12.3. The van der Waals surface area contributed by atoms with E-state index in [9.17, 15) is 23.3 Å². The van der Waals surface area contributed by atoms with E-state index in [1.807, 2.05) is 48.6 Å². The molecule has 0 spiro atoms. The first kappa shape index (κ1) is 43.9. The van der Waals surface area contributed by atoms with Gasteiger partial charge in [0.25, 0.3) is 21.6 Å². The second kappa shape index (κ2) is 19.0. The third-order valence-electron chi connectivity index (χ3n) is 12.9. The summed E-state index contributed by atoms with van der Waals surface area (Å²) in [5.41, 5.74) is 7.11. The first-order valence-electron chi connectivity index (χ1n) is 22.1. The molecule has 4 aromatic carbocycles. The normalized spacial score (nSPS) is 17.7. The number of nitrogens with zero attached hydrogens (tertiary/aromatic N) is 4. The third kappa shape index (κ3) is 10.4. The third-order valence-corrected chi connectivity index (χ3v) is 14.2. The van der Waals surface area contributed by atoms with Gasteiger partial charge in [-0.15, -0.1) is 0 Å². The predicted octanol–water partition coefficient (Wildman–Crippen LogP) is 8.77. The first-order valence-corrected chi connectivity index (χ1v) is 23.6. The number of benzene rings is 4. The number of fused-ring (bicyclic) bond motifs is 1. The van der Waals surface area contributed by atoms with Crippen molar-refractivity contribution in [1.29, 1.82) is 0 Å². The number of methoxy groups -OCH3 is 1. The van der Waals surface area contributed by atoms with E-state index in [4.69, 9.17) is 9.47 Å². The zero-order chi connectivity index (χ0) is 44.1. The van der Waals surface area contributed by atoms with E-state index in [1.54, 1.807) is 19.2 Å². The van der Waals surface area contributed by atoms with Crippen molar-refractivity contribution < 1.29 is 27.6 Å². The number of nitro benzene ring substituents is 1. The Kier molecular flexibility index (Phi) is 13.2. The number of amides is 1. The SMILES string of the molecule is COc1ccc(C2=C(CN3CCN(c4ccc(C(=O)NS(=O)(=O)c5ccc(NCCCN6CCCC6)c([N+](=O)[O-])c5)c(Oc5cccc6c5C=CC6)c4)CC3)CCC(C)(C)C2)cc1. The van der Waals surface area contributed by atoms with Gasteiger partial charge < -0.3 is 24.6 Å². The fourth-order valence-corrected chi connectivity index (χ4v) is 10.2. The van der Waals surface area contributed by atoms with Crippen molar-refractivity contribution in [2.45, 2.75) is 63.7 Å². The molecule has 2 N–H and O–H groups in total. The summed E-state index contributed by atoms with van der Waals surface area (Å²) in [5, 5.41) is 15.2. The molecule has 14 heteroatoms. The van der Waals surface area contributed by atoms with Crippen molar-refractivity contribution in [3.63, 3.8) is 0 Å². The minimum atomic E-state index is -4.53. The van der Waals surface area contributed by atoms with E-state index in [0.29, 0.717) is 12.3 Å². The standard InChI is InChI=1S/C49H58N6O7S/c1-49(2)22-21-37(43(33-49)36-13-16-39(61-3)17-14-36)34-53-27-29-54(30-28-53)38-15-19-42(47(31-38)62-46-12-7-10-35-9-6-11-41(35)46)48(56)51-63(59,60)40-18-20-44(45(32-40)55(57)58)50-23-8-26-52-24-4-5-25-52/h6-7,10-20,31-32,50H,4-5,8-9,21-30,33-34H2,1-3H3,(H,51,56). The monoisotopic (exact) mass is 874 g/mol. The molecule has 0 aromatic heterocycles. The lowest BCUT2D eigenvalue weighted by Crippen LogP contribution is -2.47. The van der Waals surface area contributed by atoms with Crippen LogP contribution in [0.2, 0.25) is 0 Å². The molecule has 0 unspecified atom stereocenters. The molecule has 0 saturated carbocycles. The van der Waals surface area contributed by atoms with Crippen LogP contribution in [-0.4, -0.2) is 95.1 Å². The quantitative estimate of drug-likeness (QED) is 0.0633. The van der Waals surface area contributed by atoms with Crippen molar-refractivity contribution in [1.82, 2.24) is 14.5 Å². The number of anilines is 2. The number of ether oxygens (including phenoxy) is 2. The molecule has 2 aliphatic heterocycles. The Hall–Kier alpha value is -5.70. The Morgan fingerprint density at radius 1 is 0.905 bits per heavy atom. The number of rotatable bonds is 16. The molecule has 2 fully saturated rings. The van der Waals surface area contributed by atoms with Gasteiger partial charge in [-0.25, -0.2) is 13.1 Å². The summed E-state index contributed by atoms with van der Waals surface area (Å²) in [6.07, 6.45) is 11.2. The number of nitrogens with one attached hydrogen (secondary N) is 2. The minimum Gasteiger partial charge on any atom is -0.497 e. The van der Waals surface area contributed by atoms with Crippen LogP contribution < -0.4 is 24.4 Å². The first-order chi connectivity index (χ1) is 30.4. The van der Waals surface area contributed by atoms with E-state index in [-0.39, 0.29) is 28.1 Å². The number of hydrogen-bond acceptors (Lipinski definition) is 11. The summed E-state index contributed by atoms with van der Waals surface area (Å²) in [6, 6.07) is 23.0. The molecule has 63 heavy (non-hydrogen) atoms. The fraction of sp³-hybridized carbons (Fsp3) is 0.408. The lowest BCUT2D eigenvalue weighted by Gasteiger charge is -2.39. The average Bonchev–Trinajstić information content (AvgIpc) is 3.99. The highest BCUT2D eigenvalue weighted by Gasteiger charge is 2.31. The molecule has 0 atom stereocenters. The molecule has 2 aliphatic carbocycles. The van der Waals surface area contributed by atoms with Gasteiger partial charge in [0.05, 0.1) is 22.5 Å². The van der Waals surface area contributed by atoms with Crippen molar-refractivity contribution in [3.05, 3.63) is 123 Å². The van der Waals surface area contributed by atoms with Gasteiger partial charge in [-0.2, -0.15) is 0 Å². The van der Waals surface area contributed by atoms with Crippen LogP contribution >= 0.6 is 0 Å². The summed E-state index contributed by atoms with van der Waals surface area (Å²) in [5.74, 6) is 0.697. The zero-order valence-corrected chi connectivity index (χ0v) is 37.3. The minimum absolute atomic E-state index is 0.0181. The van der Waals surface area contributed by atoms with Crippen LogP contribution in [0.4, 0.5) is 17.1 Å². The van der Waals surface area contributed by atoms with Crippen molar-refractivity contribution >= 4 is 44.6 Å². The largest absolute Gasteiger partial charge is 0.497 e. The molecule has 2 saturated heterocycles. The van der Waals surface area contributed by atoms with Gasteiger partial charge in [-0.05, 0) is 129 Å². The second-order valence-corrected chi connectivity index (χ2v) is 19.5. The number of carbonyl (C=O) groups is 1. The van der Waals surface area contributed by atoms with Gasteiger partial charge in [0.1, 0.15) is 22.9 Å². The number of allylic oxidation sites excluding steroid dienone is 2. The van der Waals surface area contributed by atoms with Gasteiger partial charge >= 0.3 is 0 Å². The molecule has 2 heterocycles. The number of nitro groups is 1. The Morgan fingerprint density at radius 2 is 1.68 bits per heavy atom. The Morgan fingerprint density at radius 3 is 2.43 bits per heavy atom. The lowest BCUT2D eigenvalue weighted by molar-refractivity contribution is -0.384. The number of sulfonamides is 1. The highest BCUT2D eigenvalue weighted by molar-refractivity contribution is 7.90. The molecule has 0 bridgehead atoms. The average molecular weight is 875 g/mol. The van der Waals surface area contributed by atoms with Crippen LogP contribution in [0.5, 0.6) is 17.2 Å². The Labute approximate surface area is 371 Å². The predicted molar refractivity (Wildman–Crippen MR) is 248 cm³/mol. The van der Waals surface area contributed by atoms with E-state index in [2.05, 4.69) is 50.7 Å². The van der Waals surface area contributed by atoms with Crippen molar-refractivity contribution in [2.75, 3.05) is 76.2 Å². The van der Waals surface area contributed by atoms with Gasteiger partial charge in [-0.3, -0.25) is 19.8 Å². The van der Waals surface area contributed by atoms with Crippen molar-refractivity contribution in [3.8, 4) is 17.2 Å². The number of hydrogen-bond donors (Lipinski definition) is 2. The van der Waals surface area contributed by atoms with Gasteiger partial charge in [0.2, 0.25) is 0 Å². The summed E-state index contributed by atoms with van der Waals surface area (Å²) < 4.78 is 41.6. The fourth-order valence-electron chi connectivity index (χ4n) is 9.23. The zero-order valence-electron chi connectivity index (χ0n) is 36.5. The van der Waals surface area contributed by atoms with Crippen LogP contribution in [0.25, 0.3) is 11.6 Å². The highest BCUT2D eigenvalue weighted by Crippen LogP contribution is 2.44. The van der Waals surface area contributed by atoms with E-state index >= 15 is 0 Å². The molecule has 4 aliphatic rings. The van der Waals surface area contributed by atoms with Crippen LogP contribution in [-0.2, 0) is 16.4 Å². The van der Waals surface area contributed by atoms with Gasteiger partial charge in [-0.1, -0.05) is 55.8 Å². The molecular weight excluding hydrogens is 817 g/mol. The lowest BCUT2D eigenvalue weighted by atomic mass is 9.72. The Balaban J connectivity index is 0.989. The summed E-state index contributed by atoms with van der Waals surface area (Å²) in [4.78, 5) is 32.2. The summed E-state index contributed by atoms with van der Waals surface area (Å²) in [7, 11) is -2.84. The van der Waals surface area contributed by atoms with Crippen LogP contribution in [0.3, 0.4) is 0 Å². The van der Waals surface area contributed by atoms with Crippen LogP contribution in [0.1, 0.15) is 79.4 Å². The van der Waals surface area contributed by atoms with E-state index in [1.165, 1.54) is 41.7 Å².